The number of phenols is 1. The van der Waals surface area contributed by atoms with Crippen molar-refractivity contribution in [2.45, 2.75) is 63.8 Å². The van der Waals surface area contributed by atoms with Gasteiger partial charge in [0.1, 0.15) is 54.5 Å². The summed E-state index contributed by atoms with van der Waals surface area (Å²) >= 11 is 0. The molecule has 1 fully saturated rings. The molecule has 0 amide bonds. The third kappa shape index (κ3) is 7.51. The Balaban J connectivity index is 1.12. The van der Waals surface area contributed by atoms with Crippen LogP contribution in [-0.2, 0) is 15.6 Å². The van der Waals surface area contributed by atoms with Gasteiger partial charge in [-0.2, -0.15) is 0 Å². The predicted molar refractivity (Wildman–Crippen MR) is 169 cm³/mol. The van der Waals surface area contributed by atoms with E-state index in [1.54, 1.807) is 12.1 Å². The first-order chi connectivity index (χ1) is 20.5. The van der Waals surface area contributed by atoms with Crippen LogP contribution in [-0.4, -0.2) is 48.3 Å². The summed E-state index contributed by atoms with van der Waals surface area (Å²) in [5.41, 5.74) is 4.15. The van der Waals surface area contributed by atoms with E-state index in [0.717, 1.165) is 29.0 Å². The molecule has 0 radical (unpaired) electrons. The van der Waals surface area contributed by atoms with Crippen molar-refractivity contribution < 1.29 is 29.2 Å². The van der Waals surface area contributed by atoms with Crippen LogP contribution >= 0.6 is 0 Å². The summed E-state index contributed by atoms with van der Waals surface area (Å²) in [5.74, 6) is 2.48. The number of hydrogen-bond donors (Lipinski definition) is 2. The zero-order valence-corrected chi connectivity index (χ0v) is 25.6. The molecular formula is C37H42O6. The highest BCUT2D eigenvalue weighted by atomic mass is 16.6. The Hall–Kier alpha value is -4.00. The molecule has 1 aliphatic heterocycles. The molecule has 5 rings (SSSR count). The van der Waals surface area contributed by atoms with Gasteiger partial charge < -0.3 is 29.2 Å². The molecular weight excluding hydrogens is 540 g/mol. The maximum atomic E-state index is 10.7. The predicted octanol–water partition coefficient (Wildman–Crippen LogP) is 7.03. The van der Waals surface area contributed by atoms with Gasteiger partial charge in [0.15, 0.2) is 0 Å². The van der Waals surface area contributed by atoms with Gasteiger partial charge in [-0.25, -0.2) is 0 Å². The van der Waals surface area contributed by atoms with Crippen molar-refractivity contribution in [3.63, 3.8) is 0 Å². The fourth-order valence-corrected chi connectivity index (χ4v) is 5.06. The molecule has 2 N–H and O–H groups in total. The number of phenolic OH excluding ortho intramolecular Hbond substituents is 1. The number of hydrogen-bond acceptors (Lipinski definition) is 6. The first-order valence-corrected chi connectivity index (χ1v) is 14.9. The van der Waals surface area contributed by atoms with Crippen molar-refractivity contribution in [1.29, 1.82) is 0 Å². The number of aromatic hydroxyl groups is 1. The number of aliphatic hydroxyl groups is 1. The molecule has 0 saturated carbocycles. The quantitative estimate of drug-likeness (QED) is 0.165. The van der Waals surface area contributed by atoms with Gasteiger partial charge in [-0.05, 0) is 77.7 Å². The molecule has 4 aromatic carbocycles. The molecule has 226 valence electrons. The molecule has 3 unspecified atom stereocenters. The summed E-state index contributed by atoms with van der Waals surface area (Å²) in [7, 11) is 0. The first kappa shape index (κ1) is 30.5. The maximum absolute atomic E-state index is 10.7. The largest absolute Gasteiger partial charge is 0.508 e. The fourth-order valence-electron chi connectivity index (χ4n) is 5.06. The number of epoxide rings is 1. The van der Waals surface area contributed by atoms with Gasteiger partial charge in [-0.3, -0.25) is 0 Å². The lowest BCUT2D eigenvalue weighted by atomic mass is 9.78. The SMILES string of the molecule is CC(Oc1ccc(C(C)(C)c2ccc(OCC3CO3)cc2)cc1)C(O)COc1ccc(C(C)(C)c2ccc(O)cc2)cc1. The van der Waals surface area contributed by atoms with Crippen LogP contribution in [0.3, 0.4) is 0 Å². The second kappa shape index (κ2) is 12.7. The summed E-state index contributed by atoms with van der Waals surface area (Å²) in [5, 5.41) is 20.3. The highest BCUT2D eigenvalue weighted by molar-refractivity contribution is 5.43. The fraction of sp³-hybridized carbons (Fsp3) is 0.351. The molecule has 0 bridgehead atoms. The molecule has 6 heteroatoms. The Morgan fingerprint density at radius 3 is 1.51 bits per heavy atom. The minimum Gasteiger partial charge on any atom is -0.508 e. The standard InChI is InChI=1S/C37H42O6/c1-25(35(39)24-42-32-18-10-27(11-19-32)36(2,3)26-6-14-30(38)15-7-26)43-33-20-12-29(13-21-33)37(4,5)28-8-16-31(17-9-28)40-22-34-23-41-34/h6-21,25,34-35,38-39H,22-24H2,1-5H3. The average Bonchev–Trinajstić information content (AvgIpc) is 3.84. The van der Waals surface area contributed by atoms with E-state index in [1.807, 2.05) is 67.6 Å². The van der Waals surface area contributed by atoms with E-state index in [0.29, 0.717) is 18.1 Å². The van der Waals surface area contributed by atoms with Gasteiger partial charge in [-0.15, -0.1) is 0 Å². The Kier molecular flexibility index (Phi) is 9.00. The minimum absolute atomic E-state index is 0.111. The van der Waals surface area contributed by atoms with Gasteiger partial charge in [0, 0.05) is 10.8 Å². The van der Waals surface area contributed by atoms with E-state index < -0.39 is 12.2 Å². The van der Waals surface area contributed by atoms with Crippen molar-refractivity contribution >= 4 is 0 Å². The van der Waals surface area contributed by atoms with E-state index in [-0.39, 0.29) is 29.3 Å². The Morgan fingerprint density at radius 1 is 0.674 bits per heavy atom. The highest BCUT2D eigenvalue weighted by Crippen LogP contribution is 2.35. The van der Waals surface area contributed by atoms with Crippen LogP contribution in [0.2, 0.25) is 0 Å². The third-order valence-electron chi connectivity index (χ3n) is 8.44. The van der Waals surface area contributed by atoms with Crippen LogP contribution in [0.5, 0.6) is 23.0 Å². The number of aliphatic hydroxyl groups excluding tert-OH is 1. The van der Waals surface area contributed by atoms with Crippen molar-refractivity contribution in [2.24, 2.45) is 0 Å². The molecule has 0 aromatic heterocycles. The zero-order chi connectivity index (χ0) is 30.6. The van der Waals surface area contributed by atoms with Crippen molar-refractivity contribution in [3.05, 3.63) is 119 Å². The van der Waals surface area contributed by atoms with Crippen LogP contribution in [0.15, 0.2) is 97.1 Å². The average molecular weight is 583 g/mol. The van der Waals surface area contributed by atoms with Crippen LogP contribution in [0, 0.1) is 0 Å². The number of rotatable bonds is 13. The van der Waals surface area contributed by atoms with Crippen LogP contribution in [0.1, 0.15) is 56.9 Å². The highest BCUT2D eigenvalue weighted by Gasteiger charge is 2.26. The molecule has 6 nitrogen and oxygen atoms in total. The van der Waals surface area contributed by atoms with Crippen molar-refractivity contribution in [2.75, 3.05) is 19.8 Å². The van der Waals surface area contributed by atoms with Crippen LogP contribution in [0.4, 0.5) is 0 Å². The van der Waals surface area contributed by atoms with Gasteiger partial charge in [0.05, 0.1) is 6.61 Å². The topological polar surface area (TPSA) is 80.7 Å². The summed E-state index contributed by atoms with van der Waals surface area (Å²) in [6.07, 6.45) is -1.03. The smallest absolute Gasteiger partial charge is 0.125 e. The monoisotopic (exact) mass is 582 g/mol. The van der Waals surface area contributed by atoms with Gasteiger partial charge in [-0.1, -0.05) is 76.2 Å². The molecule has 0 spiro atoms. The lowest BCUT2D eigenvalue weighted by Gasteiger charge is -2.27. The van der Waals surface area contributed by atoms with Crippen LogP contribution in [0.25, 0.3) is 0 Å². The zero-order valence-electron chi connectivity index (χ0n) is 25.6. The Bertz CT molecular complexity index is 1450. The summed E-state index contributed by atoms with van der Waals surface area (Å²) < 4.78 is 22.9. The molecule has 1 saturated heterocycles. The van der Waals surface area contributed by atoms with E-state index in [4.69, 9.17) is 18.9 Å². The van der Waals surface area contributed by atoms with E-state index >= 15 is 0 Å². The number of benzene rings is 4. The van der Waals surface area contributed by atoms with Gasteiger partial charge >= 0.3 is 0 Å². The van der Waals surface area contributed by atoms with E-state index in [9.17, 15) is 10.2 Å². The third-order valence-corrected chi connectivity index (χ3v) is 8.44. The van der Waals surface area contributed by atoms with Crippen molar-refractivity contribution in [1.82, 2.24) is 0 Å². The molecule has 3 atom stereocenters. The Labute approximate surface area is 254 Å². The molecule has 0 aliphatic carbocycles. The minimum atomic E-state index is -0.809. The van der Waals surface area contributed by atoms with Crippen LogP contribution < -0.4 is 14.2 Å². The van der Waals surface area contributed by atoms with Gasteiger partial charge in [0.25, 0.3) is 0 Å². The maximum Gasteiger partial charge on any atom is 0.125 e. The van der Waals surface area contributed by atoms with Crippen molar-refractivity contribution in [3.8, 4) is 23.0 Å². The first-order valence-electron chi connectivity index (χ1n) is 14.9. The summed E-state index contributed by atoms with van der Waals surface area (Å²) in [6, 6.07) is 31.5. The second-order valence-corrected chi connectivity index (χ2v) is 12.3. The lowest BCUT2D eigenvalue weighted by Crippen LogP contribution is -2.34. The molecule has 4 aromatic rings. The molecule has 1 heterocycles. The summed E-state index contributed by atoms with van der Waals surface area (Å²) in [6.45, 7) is 12.0. The van der Waals surface area contributed by atoms with Gasteiger partial charge in [0.2, 0.25) is 0 Å². The molecule has 43 heavy (non-hydrogen) atoms. The number of ether oxygens (including phenoxy) is 4. The van der Waals surface area contributed by atoms with E-state index in [1.165, 1.54) is 5.56 Å². The lowest BCUT2D eigenvalue weighted by molar-refractivity contribution is 0.0152. The molecule has 1 aliphatic rings. The summed E-state index contributed by atoms with van der Waals surface area (Å²) in [4.78, 5) is 0. The Morgan fingerprint density at radius 2 is 1.07 bits per heavy atom. The normalized spacial score (nSPS) is 16.3. The second-order valence-electron chi connectivity index (χ2n) is 12.3. The van der Waals surface area contributed by atoms with E-state index in [2.05, 4.69) is 52.0 Å².